The molecule has 1 spiro atoms. The van der Waals surface area contributed by atoms with E-state index < -0.39 is 28.7 Å². The van der Waals surface area contributed by atoms with Crippen LogP contribution in [0.25, 0.3) is 11.0 Å². The van der Waals surface area contributed by atoms with Gasteiger partial charge >= 0.3 is 0 Å². The molecule has 5 heterocycles. The maximum atomic E-state index is 14.6. The summed E-state index contributed by atoms with van der Waals surface area (Å²) in [4.78, 5) is 48.3. The third-order valence-corrected chi connectivity index (χ3v) is 10.6. The lowest BCUT2D eigenvalue weighted by molar-refractivity contribution is -0.147. The number of rotatable bonds is 8. The van der Waals surface area contributed by atoms with Gasteiger partial charge in [0.15, 0.2) is 0 Å². The molecule has 0 bridgehead atoms. The van der Waals surface area contributed by atoms with Gasteiger partial charge in [-0.15, -0.1) is 16.9 Å². The Morgan fingerprint density at radius 2 is 1.85 bits per heavy atom. The maximum Gasteiger partial charge on any atom is 0.248 e. The summed E-state index contributed by atoms with van der Waals surface area (Å²) in [5.74, 6) is -1.48. The van der Waals surface area contributed by atoms with Gasteiger partial charge in [0.2, 0.25) is 17.7 Å². The summed E-state index contributed by atoms with van der Waals surface area (Å²) in [6.07, 6.45) is 9.46. The van der Waals surface area contributed by atoms with Gasteiger partial charge in [0.25, 0.3) is 0 Å². The first-order valence-corrected chi connectivity index (χ1v) is 15.5. The van der Waals surface area contributed by atoms with Gasteiger partial charge in [-0.05, 0) is 30.9 Å². The molecule has 0 radical (unpaired) electrons. The van der Waals surface area contributed by atoms with Crippen LogP contribution in [0.1, 0.15) is 33.6 Å². The third kappa shape index (κ3) is 4.48. The normalized spacial score (nSPS) is 30.2. The Hall–Kier alpha value is -3.18. The number of thioether (sulfide) groups is 1. The largest absolute Gasteiger partial charge is 0.394 e. The van der Waals surface area contributed by atoms with Gasteiger partial charge < -0.3 is 19.8 Å². The van der Waals surface area contributed by atoms with E-state index in [0.717, 1.165) is 17.5 Å². The Labute approximate surface area is 244 Å². The Bertz CT molecular complexity index is 1410. The number of aliphatic hydroxyl groups excluding tert-OH is 1. The minimum Gasteiger partial charge on any atom is -0.394 e. The van der Waals surface area contributed by atoms with Crippen molar-refractivity contribution in [1.82, 2.24) is 29.7 Å². The molecular weight excluding hydrogens is 540 g/mol. The van der Waals surface area contributed by atoms with Crippen LogP contribution in [0, 0.1) is 17.8 Å². The number of carbonyl (C=O) groups is 3. The van der Waals surface area contributed by atoms with E-state index in [1.807, 2.05) is 68.2 Å². The molecule has 6 rings (SSSR count). The molecule has 1 unspecified atom stereocenters. The zero-order valence-corrected chi connectivity index (χ0v) is 24.6. The first-order chi connectivity index (χ1) is 19.8. The highest BCUT2D eigenvalue weighted by Crippen LogP contribution is 2.61. The van der Waals surface area contributed by atoms with Crippen molar-refractivity contribution < 1.29 is 19.5 Å². The summed E-state index contributed by atoms with van der Waals surface area (Å²) in [5.41, 5.74) is 1.56. The number of hydrogen-bond donors (Lipinski definition) is 1. The molecule has 11 heteroatoms. The second-order valence-electron chi connectivity index (χ2n) is 11.9. The molecular formula is C30H38N6O4S. The van der Waals surface area contributed by atoms with Gasteiger partial charge in [-0.2, -0.15) is 0 Å². The predicted octanol–water partition coefficient (Wildman–Crippen LogP) is 2.30. The fourth-order valence-electron chi connectivity index (χ4n) is 7.17. The van der Waals surface area contributed by atoms with E-state index >= 15 is 0 Å². The Balaban J connectivity index is 1.43. The van der Waals surface area contributed by atoms with Crippen LogP contribution >= 0.6 is 11.8 Å². The number of fused-ring (bicyclic) bond motifs is 3. The minimum absolute atomic E-state index is 0.0226. The number of benzene rings is 1. The van der Waals surface area contributed by atoms with Crippen molar-refractivity contribution in [2.45, 2.75) is 62.4 Å². The third-order valence-electron chi connectivity index (χ3n) is 8.83. The summed E-state index contributed by atoms with van der Waals surface area (Å²) in [5, 5.41) is 18.9. The predicted molar refractivity (Wildman–Crippen MR) is 156 cm³/mol. The van der Waals surface area contributed by atoms with Crippen molar-refractivity contribution in [2.24, 2.45) is 17.8 Å². The van der Waals surface area contributed by atoms with Gasteiger partial charge in [0.1, 0.15) is 18.2 Å². The van der Waals surface area contributed by atoms with Crippen LogP contribution in [0.2, 0.25) is 0 Å². The standard InChI is InChI=1S/C30H38N6O4S/c1-4-13-33-14-7-11-23-24(27(33)38)25-28(39)36(20(17-37)16-19(2)3)26-29(40)34(15-8-12-30(25,26)41-23)18-35-22-10-6-5-9-21(22)31-32-35/h5-12,19-20,23-26,37H,4,13-18H2,1-3H3/t20-,23-,24+,25+,26?,30+/m1/s1. The molecule has 2 fully saturated rings. The van der Waals surface area contributed by atoms with Gasteiger partial charge in [-0.1, -0.05) is 62.4 Å². The zero-order valence-electron chi connectivity index (χ0n) is 23.8. The second-order valence-corrected chi connectivity index (χ2v) is 13.4. The molecule has 10 nitrogen and oxygen atoms in total. The monoisotopic (exact) mass is 578 g/mol. The summed E-state index contributed by atoms with van der Waals surface area (Å²) in [6, 6.07) is 6.23. The molecule has 3 amide bonds. The number of hydrogen-bond acceptors (Lipinski definition) is 7. The molecule has 0 aliphatic carbocycles. The topological polar surface area (TPSA) is 112 Å². The fourth-order valence-corrected chi connectivity index (χ4v) is 9.16. The molecule has 1 N–H and O–H groups in total. The van der Waals surface area contributed by atoms with Gasteiger partial charge in [0, 0.05) is 24.9 Å². The summed E-state index contributed by atoms with van der Waals surface area (Å²) < 4.78 is 0.790. The molecule has 0 saturated carbocycles. The number of likely N-dealkylation sites (tertiary alicyclic amines) is 1. The number of aliphatic hydroxyl groups is 1. The molecule has 4 aliphatic heterocycles. The van der Waals surface area contributed by atoms with Crippen LogP contribution in [0.3, 0.4) is 0 Å². The van der Waals surface area contributed by atoms with Crippen molar-refractivity contribution >= 4 is 40.5 Å². The average molecular weight is 579 g/mol. The molecule has 41 heavy (non-hydrogen) atoms. The van der Waals surface area contributed by atoms with E-state index in [0.29, 0.717) is 26.1 Å². The van der Waals surface area contributed by atoms with E-state index in [1.165, 1.54) is 0 Å². The highest BCUT2D eigenvalue weighted by Gasteiger charge is 2.71. The van der Waals surface area contributed by atoms with Gasteiger partial charge in [0.05, 0.1) is 34.7 Å². The van der Waals surface area contributed by atoms with Crippen molar-refractivity contribution in [2.75, 3.05) is 26.2 Å². The highest BCUT2D eigenvalue weighted by molar-refractivity contribution is 8.02. The van der Waals surface area contributed by atoms with E-state index in [9.17, 15) is 19.5 Å². The quantitative estimate of drug-likeness (QED) is 0.479. The summed E-state index contributed by atoms with van der Waals surface area (Å²) >= 11 is 1.57. The van der Waals surface area contributed by atoms with E-state index in [-0.39, 0.29) is 42.2 Å². The number of nitrogens with zero attached hydrogens (tertiary/aromatic N) is 6. The smallest absolute Gasteiger partial charge is 0.248 e. The SMILES string of the molecule is CCCN1CC=C[C@H]2S[C@]34C=CCN(Cn5nnc6ccccc65)C(=O)C3N([C@@H](CO)CC(C)C)C(=O)[C@@H]4[C@H]2C1=O. The fraction of sp³-hybridized carbons (Fsp3) is 0.567. The molecule has 1 aromatic heterocycles. The first-order valence-electron chi connectivity index (χ1n) is 14.6. The highest BCUT2D eigenvalue weighted by atomic mass is 32.2. The molecule has 4 aliphatic rings. The zero-order chi connectivity index (χ0) is 28.9. The van der Waals surface area contributed by atoms with Crippen LogP contribution in [0.4, 0.5) is 0 Å². The Kier molecular flexibility index (Phi) is 7.44. The van der Waals surface area contributed by atoms with Crippen LogP contribution in [-0.4, -0.2) is 101 Å². The van der Waals surface area contributed by atoms with Crippen molar-refractivity contribution in [3.05, 3.63) is 48.6 Å². The number of aromatic nitrogens is 3. The first kappa shape index (κ1) is 28.0. The van der Waals surface area contributed by atoms with Crippen molar-refractivity contribution in [3.63, 3.8) is 0 Å². The minimum atomic E-state index is -0.914. The van der Waals surface area contributed by atoms with Crippen molar-refractivity contribution in [3.8, 4) is 0 Å². The van der Waals surface area contributed by atoms with E-state index in [1.54, 1.807) is 26.2 Å². The van der Waals surface area contributed by atoms with Crippen molar-refractivity contribution in [1.29, 1.82) is 0 Å². The number of carbonyl (C=O) groups excluding carboxylic acids is 3. The number of para-hydroxylation sites is 1. The van der Waals surface area contributed by atoms with Gasteiger partial charge in [-0.3, -0.25) is 14.4 Å². The van der Waals surface area contributed by atoms with Crippen LogP contribution in [-0.2, 0) is 21.1 Å². The lowest BCUT2D eigenvalue weighted by Gasteiger charge is -2.39. The maximum absolute atomic E-state index is 14.6. The molecule has 2 aromatic rings. The summed E-state index contributed by atoms with van der Waals surface area (Å²) in [6.45, 7) is 7.56. The second kappa shape index (κ2) is 10.9. The molecule has 218 valence electrons. The van der Waals surface area contributed by atoms with Crippen LogP contribution in [0.15, 0.2) is 48.6 Å². The lowest BCUT2D eigenvalue weighted by Crippen LogP contribution is -2.56. The Morgan fingerprint density at radius 1 is 1.07 bits per heavy atom. The van der Waals surface area contributed by atoms with E-state index in [4.69, 9.17) is 0 Å². The van der Waals surface area contributed by atoms with Crippen LogP contribution in [0.5, 0.6) is 0 Å². The van der Waals surface area contributed by atoms with Gasteiger partial charge in [-0.25, -0.2) is 4.68 Å². The molecule has 2 saturated heterocycles. The lowest BCUT2D eigenvalue weighted by atomic mass is 9.78. The Morgan fingerprint density at radius 3 is 2.61 bits per heavy atom. The van der Waals surface area contributed by atoms with E-state index in [2.05, 4.69) is 16.4 Å². The van der Waals surface area contributed by atoms with Crippen LogP contribution < -0.4 is 0 Å². The number of amides is 3. The summed E-state index contributed by atoms with van der Waals surface area (Å²) in [7, 11) is 0. The molecule has 6 atom stereocenters. The molecule has 1 aromatic carbocycles. The average Bonchev–Trinajstić information content (AvgIpc) is 3.51.